The van der Waals surface area contributed by atoms with Gasteiger partial charge in [0.2, 0.25) is 0 Å². The summed E-state index contributed by atoms with van der Waals surface area (Å²) < 4.78 is 5.56. The van der Waals surface area contributed by atoms with Gasteiger partial charge in [-0.2, -0.15) is 0 Å². The first-order valence-corrected chi connectivity index (χ1v) is 7.21. The smallest absolute Gasteiger partial charge is 0.120 e. The normalized spacial score (nSPS) is 23.5. The molecule has 0 amide bonds. The van der Waals surface area contributed by atoms with Crippen LogP contribution in [-0.4, -0.2) is 42.2 Å². The average molecular weight is 258 g/mol. The molecule has 0 aromatic carbocycles. The van der Waals surface area contributed by atoms with Crippen LogP contribution in [0.3, 0.4) is 0 Å². The molecule has 0 saturated carbocycles. The van der Waals surface area contributed by atoms with Crippen molar-refractivity contribution in [2.75, 3.05) is 26.2 Å². The van der Waals surface area contributed by atoms with Crippen LogP contribution in [0.25, 0.3) is 0 Å². The molecule has 2 N–H and O–H groups in total. The van der Waals surface area contributed by atoms with E-state index < -0.39 is 0 Å². The Kier molecular flexibility index (Phi) is 7.00. The number of morpholine rings is 1. The molecule has 0 aliphatic carbocycles. The molecule has 17 heavy (non-hydrogen) atoms. The van der Waals surface area contributed by atoms with Gasteiger partial charge in [0, 0.05) is 19.6 Å². The molecule has 0 bridgehead atoms. The van der Waals surface area contributed by atoms with Gasteiger partial charge in [0.15, 0.2) is 0 Å². The van der Waals surface area contributed by atoms with Crippen molar-refractivity contribution >= 4 is 17.2 Å². The van der Waals surface area contributed by atoms with Crippen LogP contribution >= 0.6 is 12.2 Å². The molecule has 0 spiro atoms. The van der Waals surface area contributed by atoms with Crippen molar-refractivity contribution < 1.29 is 4.74 Å². The van der Waals surface area contributed by atoms with Gasteiger partial charge in [0.1, 0.15) is 11.1 Å². The molecular formula is C13H26N2OS. The lowest BCUT2D eigenvalue weighted by Crippen LogP contribution is -2.48. The zero-order valence-electron chi connectivity index (χ0n) is 11.2. The quantitative estimate of drug-likeness (QED) is 0.711. The number of thiocarbonyl (C=S) groups is 1. The van der Waals surface area contributed by atoms with Crippen molar-refractivity contribution in [2.24, 2.45) is 11.7 Å². The maximum Gasteiger partial charge on any atom is 0.120 e. The van der Waals surface area contributed by atoms with Crippen molar-refractivity contribution in [3.63, 3.8) is 0 Å². The van der Waals surface area contributed by atoms with Crippen molar-refractivity contribution in [3.05, 3.63) is 0 Å². The molecule has 1 rings (SSSR count). The molecular weight excluding hydrogens is 232 g/mol. The first-order chi connectivity index (χ1) is 8.17. The summed E-state index contributed by atoms with van der Waals surface area (Å²) in [5, 5.41) is 0. The molecule has 1 aliphatic rings. The Morgan fingerprint density at radius 1 is 1.53 bits per heavy atom. The Hall–Kier alpha value is -0.190. The van der Waals surface area contributed by atoms with E-state index in [0.29, 0.717) is 4.99 Å². The topological polar surface area (TPSA) is 38.5 Å². The Morgan fingerprint density at radius 2 is 2.29 bits per heavy atom. The monoisotopic (exact) mass is 258 g/mol. The Balaban J connectivity index is 2.35. The van der Waals surface area contributed by atoms with Gasteiger partial charge in [-0.1, -0.05) is 45.3 Å². The second kappa shape index (κ2) is 8.01. The van der Waals surface area contributed by atoms with Gasteiger partial charge in [-0.15, -0.1) is 0 Å². The van der Waals surface area contributed by atoms with E-state index in [9.17, 15) is 0 Å². The number of unbranched alkanes of at least 4 members (excludes halogenated alkanes) is 1. The van der Waals surface area contributed by atoms with Crippen LogP contribution in [0, 0.1) is 5.92 Å². The van der Waals surface area contributed by atoms with Crippen LogP contribution < -0.4 is 5.73 Å². The highest BCUT2D eigenvalue weighted by atomic mass is 32.1. The Bertz CT molecular complexity index is 235. The molecule has 2 atom stereocenters. The summed E-state index contributed by atoms with van der Waals surface area (Å²) in [6.45, 7) is 8.35. The molecule has 1 heterocycles. The minimum absolute atomic E-state index is 0.0394. The van der Waals surface area contributed by atoms with Crippen molar-refractivity contribution in [3.8, 4) is 0 Å². The number of nitrogens with two attached hydrogens (primary N) is 1. The molecule has 0 aromatic rings. The maximum absolute atomic E-state index is 5.65. The lowest BCUT2D eigenvalue weighted by Gasteiger charge is -2.34. The summed E-state index contributed by atoms with van der Waals surface area (Å²) >= 11 is 5.01. The maximum atomic E-state index is 5.65. The lowest BCUT2D eigenvalue weighted by molar-refractivity contribution is 0.000598. The summed E-state index contributed by atoms with van der Waals surface area (Å²) in [4.78, 5) is 2.95. The fraction of sp³-hybridized carbons (Fsp3) is 0.923. The van der Waals surface area contributed by atoms with E-state index in [0.717, 1.165) is 25.6 Å². The third kappa shape index (κ3) is 5.32. The van der Waals surface area contributed by atoms with E-state index in [1.807, 2.05) is 0 Å². The highest BCUT2D eigenvalue weighted by molar-refractivity contribution is 7.80. The van der Waals surface area contributed by atoms with Gasteiger partial charge in [-0.25, -0.2) is 0 Å². The first-order valence-electron chi connectivity index (χ1n) is 6.80. The molecule has 100 valence electrons. The number of rotatable bonds is 7. The zero-order valence-corrected chi connectivity index (χ0v) is 12.0. The minimum Gasteiger partial charge on any atom is -0.391 e. The van der Waals surface area contributed by atoms with Gasteiger partial charge in [0.05, 0.1) is 6.61 Å². The van der Waals surface area contributed by atoms with Gasteiger partial charge in [0.25, 0.3) is 0 Å². The molecule has 3 nitrogen and oxygen atoms in total. The molecule has 1 saturated heterocycles. The third-order valence-electron chi connectivity index (χ3n) is 3.53. The fourth-order valence-electron chi connectivity index (χ4n) is 2.32. The van der Waals surface area contributed by atoms with Crippen LogP contribution in [-0.2, 0) is 4.74 Å². The van der Waals surface area contributed by atoms with Crippen molar-refractivity contribution in [1.29, 1.82) is 0 Å². The zero-order chi connectivity index (χ0) is 12.7. The van der Waals surface area contributed by atoms with E-state index in [1.54, 1.807) is 0 Å². The van der Waals surface area contributed by atoms with E-state index in [1.165, 1.54) is 32.2 Å². The molecule has 0 aromatic heterocycles. The van der Waals surface area contributed by atoms with E-state index in [4.69, 9.17) is 22.7 Å². The minimum atomic E-state index is -0.0394. The molecule has 2 unspecified atom stereocenters. The fourth-order valence-corrected chi connectivity index (χ4v) is 2.47. The predicted molar refractivity (Wildman–Crippen MR) is 76.3 cm³/mol. The Labute approximate surface area is 111 Å². The molecule has 4 heteroatoms. The van der Waals surface area contributed by atoms with E-state index in [2.05, 4.69) is 18.7 Å². The molecule has 1 aliphatic heterocycles. The van der Waals surface area contributed by atoms with E-state index in [-0.39, 0.29) is 6.10 Å². The van der Waals surface area contributed by atoms with Crippen LogP contribution in [0.5, 0.6) is 0 Å². The SMILES string of the molecule is CCCCC(CC)CN1CCOC(C(N)=S)C1. The van der Waals surface area contributed by atoms with Gasteiger partial charge < -0.3 is 10.5 Å². The summed E-state index contributed by atoms with van der Waals surface area (Å²) in [5.74, 6) is 0.806. The molecule has 1 fully saturated rings. The van der Waals surface area contributed by atoms with Crippen LogP contribution in [0.1, 0.15) is 39.5 Å². The largest absolute Gasteiger partial charge is 0.391 e. The van der Waals surface area contributed by atoms with E-state index >= 15 is 0 Å². The molecule has 0 radical (unpaired) electrons. The van der Waals surface area contributed by atoms with Gasteiger partial charge in [-0.05, 0) is 12.3 Å². The standard InChI is InChI=1S/C13H26N2OS/c1-3-5-6-11(4-2)9-15-7-8-16-12(10-15)13(14)17/h11-12H,3-10H2,1-2H3,(H2,14,17). The second-order valence-corrected chi connectivity index (χ2v) is 5.41. The number of ether oxygens (including phenoxy) is 1. The summed E-state index contributed by atoms with van der Waals surface area (Å²) in [5.41, 5.74) is 5.65. The van der Waals surface area contributed by atoms with Crippen LogP contribution in [0.4, 0.5) is 0 Å². The van der Waals surface area contributed by atoms with Gasteiger partial charge >= 0.3 is 0 Å². The highest BCUT2D eigenvalue weighted by Crippen LogP contribution is 2.16. The number of nitrogens with zero attached hydrogens (tertiary/aromatic N) is 1. The second-order valence-electron chi connectivity index (χ2n) is 4.94. The lowest BCUT2D eigenvalue weighted by atomic mass is 9.98. The van der Waals surface area contributed by atoms with Crippen LogP contribution in [0.2, 0.25) is 0 Å². The third-order valence-corrected chi connectivity index (χ3v) is 3.79. The average Bonchev–Trinajstić information content (AvgIpc) is 2.34. The van der Waals surface area contributed by atoms with Gasteiger partial charge in [-0.3, -0.25) is 4.90 Å². The van der Waals surface area contributed by atoms with Crippen molar-refractivity contribution in [2.45, 2.75) is 45.6 Å². The summed E-state index contributed by atoms with van der Waals surface area (Å²) in [6.07, 6.45) is 5.18. The predicted octanol–water partition coefficient (Wildman–Crippen LogP) is 2.19. The summed E-state index contributed by atoms with van der Waals surface area (Å²) in [6, 6.07) is 0. The Morgan fingerprint density at radius 3 is 2.88 bits per heavy atom. The van der Waals surface area contributed by atoms with Crippen molar-refractivity contribution in [1.82, 2.24) is 4.90 Å². The highest BCUT2D eigenvalue weighted by Gasteiger charge is 2.23. The first kappa shape index (κ1) is 14.9. The number of hydrogen-bond acceptors (Lipinski definition) is 3. The van der Waals surface area contributed by atoms with Crippen LogP contribution in [0.15, 0.2) is 0 Å². The number of hydrogen-bond donors (Lipinski definition) is 1. The summed E-state index contributed by atoms with van der Waals surface area (Å²) in [7, 11) is 0.